The zero-order chi connectivity index (χ0) is 19.8. The summed E-state index contributed by atoms with van der Waals surface area (Å²) in [6, 6.07) is 16.7. The van der Waals surface area contributed by atoms with Gasteiger partial charge in [0.25, 0.3) is 0 Å². The maximum absolute atomic E-state index is 12.2. The summed E-state index contributed by atoms with van der Waals surface area (Å²) in [5, 5.41) is 1.17. The fourth-order valence-corrected chi connectivity index (χ4v) is 4.32. The number of piperidine rings is 1. The standard InChI is InChI=1S/C25H26N2O2/c1-17-4-11-23-22(3-2-14-26-23)24(17)18-7-9-20(10-8-18)29-21-12-15-27(16-13-21)25(28)19-5-6-19/h2-4,7-11,14,19,21H,5-6,12-13,15-16H2,1H3. The van der Waals surface area contributed by atoms with Crippen LogP contribution < -0.4 is 4.74 Å². The Hall–Kier alpha value is -2.88. The first-order valence-corrected chi connectivity index (χ1v) is 10.6. The van der Waals surface area contributed by atoms with Crippen molar-refractivity contribution in [1.29, 1.82) is 0 Å². The van der Waals surface area contributed by atoms with E-state index in [0.29, 0.717) is 11.8 Å². The molecular weight excluding hydrogens is 360 g/mol. The molecule has 1 saturated heterocycles. The first kappa shape index (κ1) is 18.2. The molecule has 1 aliphatic heterocycles. The minimum atomic E-state index is 0.188. The number of aromatic nitrogens is 1. The second-order valence-corrected chi connectivity index (χ2v) is 8.27. The van der Waals surface area contributed by atoms with Crippen LogP contribution in [0.3, 0.4) is 0 Å². The van der Waals surface area contributed by atoms with Crippen LogP contribution in [0.4, 0.5) is 0 Å². The quantitative estimate of drug-likeness (QED) is 0.634. The van der Waals surface area contributed by atoms with Crippen molar-refractivity contribution in [2.45, 2.75) is 38.7 Å². The van der Waals surface area contributed by atoms with Crippen LogP contribution in [-0.4, -0.2) is 35.0 Å². The van der Waals surface area contributed by atoms with Crippen LogP contribution >= 0.6 is 0 Å². The Kier molecular flexibility index (Phi) is 4.70. The normalized spacial score (nSPS) is 17.5. The highest BCUT2D eigenvalue weighted by atomic mass is 16.5. The smallest absolute Gasteiger partial charge is 0.225 e. The summed E-state index contributed by atoms with van der Waals surface area (Å²) in [4.78, 5) is 18.7. The summed E-state index contributed by atoms with van der Waals surface area (Å²) in [5.41, 5.74) is 4.67. The number of aryl methyl sites for hydroxylation is 1. The molecule has 0 bridgehead atoms. The van der Waals surface area contributed by atoms with Crippen molar-refractivity contribution in [2.24, 2.45) is 5.92 Å². The molecule has 2 aromatic carbocycles. The molecule has 0 unspecified atom stereocenters. The van der Waals surface area contributed by atoms with Crippen LogP contribution in [0.5, 0.6) is 5.75 Å². The van der Waals surface area contributed by atoms with E-state index in [1.165, 1.54) is 22.1 Å². The highest BCUT2D eigenvalue weighted by Gasteiger charge is 2.35. The van der Waals surface area contributed by atoms with E-state index in [-0.39, 0.29) is 6.10 Å². The van der Waals surface area contributed by atoms with Crippen molar-refractivity contribution in [1.82, 2.24) is 9.88 Å². The third-order valence-corrected chi connectivity index (χ3v) is 6.12. The number of hydrogen-bond donors (Lipinski definition) is 0. The van der Waals surface area contributed by atoms with Gasteiger partial charge >= 0.3 is 0 Å². The molecule has 0 spiro atoms. The first-order valence-electron chi connectivity index (χ1n) is 10.6. The molecule has 2 fully saturated rings. The van der Waals surface area contributed by atoms with Crippen LogP contribution in [0, 0.1) is 12.8 Å². The molecule has 1 saturated carbocycles. The Morgan fingerprint density at radius 1 is 1.00 bits per heavy atom. The lowest BCUT2D eigenvalue weighted by atomic mass is 9.96. The van der Waals surface area contributed by atoms with Gasteiger partial charge in [-0.1, -0.05) is 24.3 Å². The van der Waals surface area contributed by atoms with E-state index in [1.807, 2.05) is 17.2 Å². The molecule has 0 atom stereocenters. The van der Waals surface area contributed by atoms with Gasteiger partial charge in [0.1, 0.15) is 11.9 Å². The van der Waals surface area contributed by atoms with Crippen LogP contribution in [0.25, 0.3) is 22.0 Å². The highest BCUT2D eigenvalue weighted by molar-refractivity contribution is 5.96. The Labute approximate surface area is 171 Å². The van der Waals surface area contributed by atoms with Crippen LogP contribution in [0.1, 0.15) is 31.2 Å². The summed E-state index contributed by atoms with van der Waals surface area (Å²) >= 11 is 0. The first-order chi connectivity index (χ1) is 14.2. The number of likely N-dealkylation sites (tertiary alicyclic amines) is 1. The fourth-order valence-electron chi connectivity index (χ4n) is 4.32. The number of fused-ring (bicyclic) bond motifs is 1. The van der Waals surface area contributed by atoms with Gasteiger partial charge in [0, 0.05) is 43.4 Å². The van der Waals surface area contributed by atoms with Crippen molar-refractivity contribution in [3.8, 4) is 16.9 Å². The van der Waals surface area contributed by atoms with Gasteiger partial charge in [-0.3, -0.25) is 9.78 Å². The summed E-state index contributed by atoms with van der Waals surface area (Å²) in [6.07, 6.45) is 6.00. The average Bonchev–Trinajstić information content (AvgIpc) is 3.60. The van der Waals surface area contributed by atoms with Crippen molar-refractivity contribution >= 4 is 16.8 Å². The zero-order valence-corrected chi connectivity index (χ0v) is 16.8. The molecule has 1 aliphatic carbocycles. The number of amides is 1. The molecule has 148 valence electrons. The molecule has 5 rings (SSSR count). The van der Waals surface area contributed by atoms with E-state index < -0.39 is 0 Å². The van der Waals surface area contributed by atoms with Gasteiger partial charge in [-0.2, -0.15) is 0 Å². The minimum Gasteiger partial charge on any atom is -0.490 e. The largest absolute Gasteiger partial charge is 0.490 e. The third kappa shape index (κ3) is 3.71. The number of benzene rings is 2. The molecule has 1 amide bonds. The van der Waals surface area contributed by atoms with Crippen LogP contribution in [0.15, 0.2) is 54.7 Å². The lowest BCUT2D eigenvalue weighted by Crippen LogP contribution is -2.42. The SMILES string of the molecule is Cc1ccc2ncccc2c1-c1ccc(OC2CCN(C(=O)C3CC3)CC2)cc1. The maximum Gasteiger partial charge on any atom is 0.225 e. The molecule has 1 aromatic heterocycles. The zero-order valence-electron chi connectivity index (χ0n) is 16.8. The number of nitrogens with zero attached hydrogens (tertiary/aromatic N) is 2. The van der Waals surface area contributed by atoms with Gasteiger partial charge in [-0.25, -0.2) is 0 Å². The second kappa shape index (κ2) is 7.51. The van der Waals surface area contributed by atoms with E-state index in [2.05, 4.69) is 54.4 Å². The fraction of sp³-hybridized carbons (Fsp3) is 0.360. The van der Waals surface area contributed by atoms with Crippen LogP contribution in [0.2, 0.25) is 0 Å². The van der Waals surface area contributed by atoms with Crippen molar-refractivity contribution in [2.75, 3.05) is 13.1 Å². The number of carbonyl (C=O) groups excluding carboxylic acids is 1. The van der Waals surface area contributed by atoms with Gasteiger partial charge in [0.2, 0.25) is 5.91 Å². The minimum absolute atomic E-state index is 0.188. The molecule has 4 nitrogen and oxygen atoms in total. The Balaban J connectivity index is 1.28. The van der Waals surface area contributed by atoms with Crippen molar-refractivity contribution in [3.05, 3.63) is 60.3 Å². The summed E-state index contributed by atoms with van der Waals surface area (Å²) in [5.74, 6) is 1.57. The van der Waals surface area contributed by atoms with Crippen molar-refractivity contribution in [3.63, 3.8) is 0 Å². The molecule has 0 N–H and O–H groups in total. The Morgan fingerprint density at radius 2 is 1.76 bits per heavy atom. The van der Waals surface area contributed by atoms with E-state index in [4.69, 9.17) is 4.74 Å². The molecule has 2 heterocycles. The summed E-state index contributed by atoms with van der Waals surface area (Å²) < 4.78 is 6.22. The number of rotatable bonds is 4. The molecule has 29 heavy (non-hydrogen) atoms. The average molecular weight is 386 g/mol. The Morgan fingerprint density at radius 3 is 2.48 bits per heavy atom. The lowest BCUT2D eigenvalue weighted by Gasteiger charge is -2.32. The predicted octanol–water partition coefficient (Wildman–Crippen LogP) is 4.99. The van der Waals surface area contributed by atoms with E-state index in [9.17, 15) is 4.79 Å². The molecular formula is C25H26N2O2. The van der Waals surface area contributed by atoms with Gasteiger partial charge in [-0.15, -0.1) is 0 Å². The maximum atomic E-state index is 12.2. The topological polar surface area (TPSA) is 42.4 Å². The van der Waals surface area contributed by atoms with Crippen molar-refractivity contribution < 1.29 is 9.53 Å². The van der Waals surface area contributed by atoms with E-state index >= 15 is 0 Å². The Bertz CT molecular complexity index is 1030. The monoisotopic (exact) mass is 386 g/mol. The number of pyridine rings is 1. The predicted molar refractivity (Wildman–Crippen MR) is 115 cm³/mol. The molecule has 2 aliphatic rings. The lowest BCUT2D eigenvalue weighted by molar-refractivity contribution is -0.134. The number of ether oxygens (including phenoxy) is 1. The molecule has 4 heteroatoms. The van der Waals surface area contributed by atoms with E-state index in [0.717, 1.165) is 50.0 Å². The molecule has 3 aromatic rings. The number of carbonyl (C=O) groups is 1. The highest BCUT2D eigenvalue weighted by Crippen LogP contribution is 2.34. The van der Waals surface area contributed by atoms with Gasteiger partial charge in [-0.05, 0) is 60.7 Å². The second-order valence-electron chi connectivity index (χ2n) is 8.27. The van der Waals surface area contributed by atoms with Gasteiger partial charge in [0.15, 0.2) is 0 Å². The number of hydrogen-bond acceptors (Lipinski definition) is 3. The van der Waals surface area contributed by atoms with Crippen LogP contribution in [-0.2, 0) is 4.79 Å². The molecule has 0 radical (unpaired) electrons. The van der Waals surface area contributed by atoms with E-state index in [1.54, 1.807) is 0 Å². The summed E-state index contributed by atoms with van der Waals surface area (Å²) in [7, 11) is 0. The third-order valence-electron chi connectivity index (χ3n) is 6.12. The van der Waals surface area contributed by atoms with Gasteiger partial charge in [0.05, 0.1) is 5.52 Å². The van der Waals surface area contributed by atoms with Gasteiger partial charge < -0.3 is 9.64 Å². The summed E-state index contributed by atoms with van der Waals surface area (Å²) in [6.45, 7) is 3.78.